The molecule has 1 N–H and O–H groups in total. The number of nitrogens with zero attached hydrogens (tertiary/aromatic N) is 1. The third kappa shape index (κ3) is 3.34. The summed E-state index contributed by atoms with van der Waals surface area (Å²) in [7, 11) is 0. The monoisotopic (exact) mass is 402 g/mol. The lowest BCUT2D eigenvalue weighted by atomic mass is 10.0. The molecule has 0 spiro atoms. The van der Waals surface area contributed by atoms with E-state index in [4.69, 9.17) is 23.8 Å². The number of benzene rings is 2. The van der Waals surface area contributed by atoms with Gasteiger partial charge in [0.2, 0.25) is 0 Å². The summed E-state index contributed by atoms with van der Waals surface area (Å²) >= 11 is 11.8. The molecule has 1 heterocycles. The number of fused-ring (bicyclic) bond motifs is 1. The van der Waals surface area contributed by atoms with Crippen molar-refractivity contribution in [3.8, 4) is 0 Å². The molecule has 1 aliphatic carbocycles. The first kappa shape index (κ1) is 18.4. The van der Waals surface area contributed by atoms with Crippen LogP contribution in [0.4, 0.5) is 4.39 Å². The zero-order chi connectivity index (χ0) is 19.2. The van der Waals surface area contributed by atoms with Crippen LogP contribution in [0.5, 0.6) is 0 Å². The van der Waals surface area contributed by atoms with E-state index in [-0.39, 0.29) is 17.8 Å². The molecule has 4 rings (SSSR count). The van der Waals surface area contributed by atoms with Crippen LogP contribution < -0.4 is 5.32 Å². The maximum absolute atomic E-state index is 13.7. The summed E-state index contributed by atoms with van der Waals surface area (Å²) in [4.78, 5) is 15.5. The summed E-state index contributed by atoms with van der Waals surface area (Å²) in [6.07, 6.45) is 2.56. The summed E-state index contributed by atoms with van der Waals surface area (Å²) < 4.78 is 13.7. The van der Waals surface area contributed by atoms with Gasteiger partial charge in [-0.3, -0.25) is 4.79 Å². The van der Waals surface area contributed by atoms with E-state index in [1.54, 1.807) is 30.3 Å². The van der Waals surface area contributed by atoms with Crippen molar-refractivity contribution in [3.05, 3.63) is 70.0 Å². The first-order chi connectivity index (χ1) is 12.9. The quantitative estimate of drug-likeness (QED) is 0.756. The smallest absolute Gasteiger partial charge is 0.252 e. The standard InChI is InChI=1S/C21H20ClFN2OS/c1-21(24-19(26)14-3-2-4-15(22)11-14)9-10-25(20(21)27)18-8-6-13-5-7-16(23)12-17(13)18/h2-5,7,11-12,18H,6,8-10H2,1H3,(H,24,26)/t18-,21+/m1/s1. The van der Waals surface area contributed by atoms with E-state index >= 15 is 0 Å². The molecule has 3 nitrogen and oxygen atoms in total. The molecule has 0 bridgehead atoms. The van der Waals surface area contributed by atoms with Crippen LogP contribution in [-0.4, -0.2) is 27.9 Å². The molecular weight excluding hydrogens is 383 g/mol. The van der Waals surface area contributed by atoms with Gasteiger partial charge >= 0.3 is 0 Å². The van der Waals surface area contributed by atoms with Gasteiger partial charge in [-0.05, 0) is 67.6 Å². The molecular formula is C21H20ClFN2OS. The second-order valence-corrected chi connectivity index (χ2v) is 8.27. The number of amides is 1. The summed E-state index contributed by atoms with van der Waals surface area (Å²) in [6.45, 7) is 2.70. The number of carbonyl (C=O) groups is 1. The molecule has 1 saturated heterocycles. The fraction of sp³-hybridized carbons (Fsp3) is 0.333. The SMILES string of the molecule is C[C@]1(NC(=O)c2cccc(Cl)c2)CCN([C@@H]2CCc3ccc(F)cc32)C1=S. The van der Waals surface area contributed by atoms with Crippen LogP contribution in [0.15, 0.2) is 42.5 Å². The molecule has 1 aliphatic heterocycles. The zero-order valence-electron chi connectivity index (χ0n) is 15.0. The highest BCUT2D eigenvalue weighted by molar-refractivity contribution is 7.80. The molecule has 140 valence electrons. The lowest BCUT2D eigenvalue weighted by Crippen LogP contribution is -2.51. The molecule has 0 radical (unpaired) electrons. The van der Waals surface area contributed by atoms with Crippen molar-refractivity contribution in [2.24, 2.45) is 0 Å². The second-order valence-electron chi connectivity index (χ2n) is 7.44. The van der Waals surface area contributed by atoms with Crippen LogP contribution >= 0.6 is 23.8 Å². The minimum atomic E-state index is -0.606. The van der Waals surface area contributed by atoms with E-state index < -0.39 is 5.54 Å². The van der Waals surface area contributed by atoms with Crippen molar-refractivity contribution >= 4 is 34.7 Å². The van der Waals surface area contributed by atoms with Gasteiger partial charge in [0, 0.05) is 17.1 Å². The van der Waals surface area contributed by atoms with Crippen LogP contribution in [0, 0.1) is 5.82 Å². The van der Waals surface area contributed by atoms with E-state index in [1.807, 2.05) is 13.0 Å². The minimum Gasteiger partial charge on any atom is -0.357 e. The van der Waals surface area contributed by atoms with Crippen LogP contribution in [-0.2, 0) is 6.42 Å². The summed E-state index contributed by atoms with van der Waals surface area (Å²) in [5.74, 6) is -0.412. The Morgan fingerprint density at radius 3 is 2.93 bits per heavy atom. The largest absolute Gasteiger partial charge is 0.357 e. The molecule has 0 aromatic heterocycles. The highest BCUT2D eigenvalue weighted by atomic mass is 35.5. The van der Waals surface area contributed by atoms with Gasteiger partial charge in [0.25, 0.3) is 5.91 Å². The number of hydrogen-bond acceptors (Lipinski definition) is 2. The second kappa shape index (κ2) is 6.88. The average Bonchev–Trinajstić information content (AvgIpc) is 3.16. The van der Waals surface area contributed by atoms with Crippen LogP contribution in [0.2, 0.25) is 5.02 Å². The Kier molecular flexibility index (Phi) is 4.68. The summed E-state index contributed by atoms with van der Waals surface area (Å²) in [5.41, 5.74) is 2.10. The number of hydrogen-bond donors (Lipinski definition) is 1. The van der Waals surface area contributed by atoms with Crippen molar-refractivity contribution in [3.63, 3.8) is 0 Å². The van der Waals surface area contributed by atoms with Crippen molar-refractivity contribution < 1.29 is 9.18 Å². The van der Waals surface area contributed by atoms with E-state index in [1.165, 1.54) is 11.6 Å². The van der Waals surface area contributed by atoms with Gasteiger partial charge < -0.3 is 10.2 Å². The fourth-order valence-corrected chi connectivity index (χ4v) is 4.67. The maximum atomic E-state index is 13.7. The van der Waals surface area contributed by atoms with Gasteiger partial charge in [0.15, 0.2) is 0 Å². The van der Waals surface area contributed by atoms with Crippen LogP contribution in [0.1, 0.15) is 47.3 Å². The van der Waals surface area contributed by atoms with E-state index in [9.17, 15) is 9.18 Å². The van der Waals surface area contributed by atoms with Crippen molar-refractivity contribution in [2.75, 3.05) is 6.54 Å². The Hall–Kier alpha value is -1.98. The van der Waals surface area contributed by atoms with Gasteiger partial charge in [0.1, 0.15) is 10.8 Å². The number of carbonyl (C=O) groups excluding carboxylic acids is 1. The Morgan fingerprint density at radius 1 is 1.33 bits per heavy atom. The molecule has 6 heteroatoms. The number of aryl methyl sites for hydroxylation is 1. The normalized spacial score (nSPS) is 24.2. The third-order valence-corrected chi connectivity index (χ3v) is 6.51. The lowest BCUT2D eigenvalue weighted by molar-refractivity contribution is 0.0928. The van der Waals surface area contributed by atoms with Crippen molar-refractivity contribution in [1.29, 1.82) is 0 Å². The minimum absolute atomic E-state index is 0.0769. The number of nitrogens with one attached hydrogen (secondary N) is 1. The first-order valence-electron chi connectivity index (χ1n) is 9.05. The molecule has 27 heavy (non-hydrogen) atoms. The number of likely N-dealkylation sites (tertiary alicyclic amines) is 1. The molecule has 0 unspecified atom stereocenters. The molecule has 2 atom stereocenters. The molecule has 1 fully saturated rings. The average molecular weight is 403 g/mol. The van der Waals surface area contributed by atoms with Gasteiger partial charge in [-0.2, -0.15) is 0 Å². The first-order valence-corrected chi connectivity index (χ1v) is 9.83. The Labute approximate surface area is 168 Å². The summed E-state index contributed by atoms with van der Waals surface area (Å²) in [5, 5.41) is 3.60. The van der Waals surface area contributed by atoms with Gasteiger partial charge in [-0.15, -0.1) is 0 Å². The Balaban J connectivity index is 1.53. The van der Waals surface area contributed by atoms with Gasteiger partial charge in [0.05, 0.1) is 11.6 Å². The van der Waals surface area contributed by atoms with E-state index in [2.05, 4.69) is 10.2 Å². The van der Waals surface area contributed by atoms with Crippen LogP contribution in [0.3, 0.4) is 0 Å². The van der Waals surface area contributed by atoms with Gasteiger partial charge in [-0.25, -0.2) is 4.39 Å². The summed E-state index contributed by atoms with van der Waals surface area (Å²) in [6, 6.07) is 11.9. The fourth-order valence-electron chi connectivity index (χ4n) is 4.11. The molecule has 0 saturated carbocycles. The Morgan fingerprint density at radius 2 is 2.15 bits per heavy atom. The lowest BCUT2D eigenvalue weighted by Gasteiger charge is -2.31. The Bertz CT molecular complexity index is 934. The van der Waals surface area contributed by atoms with Crippen molar-refractivity contribution in [2.45, 2.75) is 37.8 Å². The predicted molar refractivity (Wildman–Crippen MR) is 109 cm³/mol. The topological polar surface area (TPSA) is 32.3 Å². The van der Waals surface area contributed by atoms with E-state index in [0.717, 1.165) is 31.4 Å². The highest BCUT2D eigenvalue weighted by Gasteiger charge is 2.44. The number of thiocarbonyl (C=S) groups is 1. The third-order valence-electron chi connectivity index (χ3n) is 5.59. The number of rotatable bonds is 3. The molecule has 2 aromatic carbocycles. The van der Waals surface area contributed by atoms with E-state index in [0.29, 0.717) is 15.6 Å². The zero-order valence-corrected chi connectivity index (χ0v) is 16.5. The maximum Gasteiger partial charge on any atom is 0.252 e. The number of halogens is 2. The van der Waals surface area contributed by atoms with Crippen molar-refractivity contribution in [1.82, 2.24) is 10.2 Å². The molecule has 1 amide bonds. The predicted octanol–water partition coefficient (Wildman–Crippen LogP) is 4.69. The highest BCUT2D eigenvalue weighted by Crippen LogP contribution is 2.40. The molecule has 2 aromatic rings. The molecule has 2 aliphatic rings. The van der Waals surface area contributed by atoms with Crippen LogP contribution in [0.25, 0.3) is 0 Å². The van der Waals surface area contributed by atoms with Gasteiger partial charge in [-0.1, -0.05) is 36.0 Å².